The Morgan fingerprint density at radius 3 is 2.42 bits per heavy atom. The summed E-state index contributed by atoms with van der Waals surface area (Å²) in [6, 6.07) is 12.6. The fraction of sp³-hybridized carbons (Fsp3) is 0.312. The first kappa shape index (κ1) is 12.5. The maximum absolute atomic E-state index is 9.32. The van der Waals surface area contributed by atoms with Gasteiger partial charge in [0.2, 0.25) is 0 Å². The molecule has 2 nitrogen and oxygen atoms in total. The predicted molar refractivity (Wildman–Crippen MR) is 82.4 cm³/mol. The zero-order valence-electron chi connectivity index (χ0n) is 10.7. The summed E-state index contributed by atoms with van der Waals surface area (Å²) >= 11 is 3.55. The number of nitrogens with zero attached hydrogens (tertiary/aromatic N) is 2. The summed E-state index contributed by atoms with van der Waals surface area (Å²) < 4.78 is 0.897. The molecule has 0 atom stereocenters. The summed E-state index contributed by atoms with van der Waals surface area (Å²) in [6.07, 6.45) is 3.84. The third-order valence-corrected chi connectivity index (χ3v) is 4.41. The van der Waals surface area contributed by atoms with Gasteiger partial charge in [-0.05, 0) is 41.3 Å². The molecule has 0 spiro atoms. The highest BCUT2D eigenvalue weighted by molar-refractivity contribution is 9.10. The number of rotatable bonds is 1. The van der Waals surface area contributed by atoms with Crippen LogP contribution in [-0.4, -0.2) is 13.1 Å². The summed E-state index contributed by atoms with van der Waals surface area (Å²) in [6.45, 7) is 2.23. The molecule has 0 amide bonds. The summed E-state index contributed by atoms with van der Waals surface area (Å²) in [7, 11) is 0. The Kier molecular flexibility index (Phi) is 3.44. The number of nitriles is 1. The van der Waals surface area contributed by atoms with Gasteiger partial charge in [-0.15, -0.1) is 0 Å². The molecule has 2 aromatic rings. The van der Waals surface area contributed by atoms with E-state index >= 15 is 0 Å². The lowest BCUT2D eigenvalue weighted by atomic mass is 10.0. The number of hydrogen-bond donors (Lipinski definition) is 0. The summed E-state index contributed by atoms with van der Waals surface area (Å²) in [5, 5.41) is 11.6. The molecular formula is C16H15BrN2. The molecule has 1 aliphatic rings. The lowest BCUT2D eigenvalue weighted by Gasteiger charge is -2.30. The zero-order valence-corrected chi connectivity index (χ0v) is 12.3. The van der Waals surface area contributed by atoms with Crippen LogP contribution in [0.5, 0.6) is 0 Å². The first-order valence-electron chi connectivity index (χ1n) is 6.67. The molecule has 0 N–H and O–H groups in total. The van der Waals surface area contributed by atoms with E-state index in [-0.39, 0.29) is 0 Å². The van der Waals surface area contributed by atoms with Crippen LogP contribution in [0.1, 0.15) is 24.8 Å². The fourth-order valence-corrected chi connectivity index (χ4v) is 3.35. The summed E-state index contributed by atoms with van der Waals surface area (Å²) in [5.41, 5.74) is 1.98. The molecule has 0 aliphatic carbocycles. The van der Waals surface area contributed by atoms with Gasteiger partial charge in [0, 0.05) is 34.0 Å². The SMILES string of the molecule is N#Cc1c(Br)cc(N2CCCCC2)c2ccccc12. The van der Waals surface area contributed by atoms with E-state index in [1.54, 1.807) is 0 Å². The van der Waals surface area contributed by atoms with E-state index < -0.39 is 0 Å². The van der Waals surface area contributed by atoms with Crippen molar-refractivity contribution >= 4 is 32.4 Å². The lowest BCUT2D eigenvalue weighted by molar-refractivity contribution is 0.579. The van der Waals surface area contributed by atoms with Crippen LogP contribution in [0.3, 0.4) is 0 Å². The number of piperidine rings is 1. The van der Waals surface area contributed by atoms with Gasteiger partial charge >= 0.3 is 0 Å². The standard InChI is InChI=1S/C16H15BrN2/c17-15-10-16(19-8-4-1-5-9-19)13-7-3-2-6-12(13)14(15)11-18/h2-3,6-7,10H,1,4-5,8-9H2. The van der Waals surface area contributed by atoms with Crippen LogP contribution in [0.2, 0.25) is 0 Å². The second-order valence-corrected chi connectivity index (χ2v) is 5.81. The lowest BCUT2D eigenvalue weighted by Crippen LogP contribution is -2.29. The molecule has 0 unspecified atom stereocenters. The van der Waals surface area contributed by atoms with Gasteiger partial charge < -0.3 is 4.90 Å². The molecule has 2 aromatic carbocycles. The van der Waals surface area contributed by atoms with E-state index in [2.05, 4.69) is 39.0 Å². The van der Waals surface area contributed by atoms with E-state index in [4.69, 9.17) is 0 Å². The van der Waals surface area contributed by atoms with Crippen LogP contribution in [0, 0.1) is 11.3 Å². The third kappa shape index (κ3) is 2.21. The van der Waals surface area contributed by atoms with Gasteiger partial charge in [-0.3, -0.25) is 0 Å². The van der Waals surface area contributed by atoms with Crippen molar-refractivity contribution in [1.29, 1.82) is 5.26 Å². The van der Waals surface area contributed by atoms with Crippen LogP contribution in [0.4, 0.5) is 5.69 Å². The van der Waals surface area contributed by atoms with Gasteiger partial charge in [0.05, 0.1) is 5.56 Å². The molecule has 3 rings (SSSR count). The monoisotopic (exact) mass is 314 g/mol. The van der Waals surface area contributed by atoms with Crippen LogP contribution in [-0.2, 0) is 0 Å². The van der Waals surface area contributed by atoms with Gasteiger partial charge in [0.1, 0.15) is 6.07 Å². The highest BCUT2D eigenvalue weighted by atomic mass is 79.9. The smallest absolute Gasteiger partial charge is 0.101 e. The van der Waals surface area contributed by atoms with Crippen molar-refractivity contribution in [2.75, 3.05) is 18.0 Å². The minimum atomic E-state index is 0.733. The molecular weight excluding hydrogens is 300 g/mol. The van der Waals surface area contributed by atoms with Crippen LogP contribution in [0.15, 0.2) is 34.8 Å². The Morgan fingerprint density at radius 2 is 1.74 bits per heavy atom. The number of hydrogen-bond acceptors (Lipinski definition) is 2. The van der Waals surface area contributed by atoms with Crippen LogP contribution < -0.4 is 4.90 Å². The van der Waals surface area contributed by atoms with Crippen molar-refractivity contribution in [1.82, 2.24) is 0 Å². The highest BCUT2D eigenvalue weighted by Crippen LogP contribution is 2.35. The topological polar surface area (TPSA) is 27.0 Å². The molecule has 19 heavy (non-hydrogen) atoms. The molecule has 96 valence electrons. The predicted octanol–water partition coefficient (Wildman–Crippen LogP) is 4.46. The maximum atomic E-state index is 9.32. The summed E-state index contributed by atoms with van der Waals surface area (Å²) in [5.74, 6) is 0. The van der Waals surface area contributed by atoms with Crippen molar-refractivity contribution < 1.29 is 0 Å². The highest BCUT2D eigenvalue weighted by Gasteiger charge is 2.16. The largest absolute Gasteiger partial charge is 0.371 e. The molecule has 0 aromatic heterocycles. The summed E-state index contributed by atoms with van der Waals surface area (Å²) in [4.78, 5) is 2.44. The van der Waals surface area contributed by atoms with Gasteiger partial charge in [0.25, 0.3) is 0 Å². The second kappa shape index (κ2) is 5.22. The Hall–Kier alpha value is -1.53. The van der Waals surface area contributed by atoms with E-state index in [1.807, 2.05) is 18.2 Å². The zero-order chi connectivity index (χ0) is 13.2. The minimum Gasteiger partial charge on any atom is -0.371 e. The molecule has 3 heteroatoms. The molecule has 0 bridgehead atoms. The van der Waals surface area contributed by atoms with Crippen LogP contribution in [0.25, 0.3) is 10.8 Å². The van der Waals surface area contributed by atoms with Crippen molar-refractivity contribution in [2.45, 2.75) is 19.3 Å². The van der Waals surface area contributed by atoms with E-state index in [0.29, 0.717) is 0 Å². The van der Waals surface area contributed by atoms with Gasteiger partial charge in [-0.1, -0.05) is 24.3 Å². The first-order valence-corrected chi connectivity index (χ1v) is 7.47. The first-order chi connectivity index (χ1) is 9.31. The number of fused-ring (bicyclic) bond motifs is 1. The average molecular weight is 315 g/mol. The maximum Gasteiger partial charge on any atom is 0.101 e. The second-order valence-electron chi connectivity index (χ2n) is 4.96. The van der Waals surface area contributed by atoms with Crippen molar-refractivity contribution in [3.05, 3.63) is 40.4 Å². The quantitative estimate of drug-likeness (QED) is 0.776. The molecule has 1 saturated heterocycles. The Balaban J connectivity index is 2.22. The van der Waals surface area contributed by atoms with E-state index in [9.17, 15) is 5.26 Å². The molecule has 1 heterocycles. The average Bonchev–Trinajstić information content (AvgIpc) is 2.47. The molecule has 0 saturated carbocycles. The van der Waals surface area contributed by atoms with Crippen molar-refractivity contribution in [2.24, 2.45) is 0 Å². The number of halogens is 1. The van der Waals surface area contributed by atoms with Crippen LogP contribution >= 0.6 is 15.9 Å². The minimum absolute atomic E-state index is 0.733. The Morgan fingerprint density at radius 1 is 1.05 bits per heavy atom. The normalized spacial score (nSPS) is 15.5. The number of anilines is 1. The van der Waals surface area contributed by atoms with Gasteiger partial charge in [-0.2, -0.15) is 5.26 Å². The number of benzene rings is 2. The van der Waals surface area contributed by atoms with Crippen molar-refractivity contribution in [3.63, 3.8) is 0 Å². The van der Waals surface area contributed by atoms with E-state index in [1.165, 1.54) is 30.3 Å². The van der Waals surface area contributed by atoms with Gasteiger partial charge in [0.15, 0.2) is 0 Å². The fourth-order valence-electron chi connectivity index (χ4n) is 2.83. The Labute approximate surface area is 121 Å². The molecule has 0 radical (unpaired) electrons. The Bertz CT molecular complexity index is 652. The molecule has 1 fully saturated rings. The van der Waals surface area contributed by atoms with E-state index in [0.717, 1.165) is 28.5 Å². The molecule has 1 aliphatic heterocycles. The third-order valence-electron chi connectivity index (χ3n) is 3.78. The van der Waals surface area contributed by atoms with Crippen molar-refractivity contribution in [3.8, 4) is 6.07 Å². The van der Waals surface area contributed by atoms with Gasteiger partial charge in [-0.25, -0.2) is 0 Å².